The largest absolute Gasteiger partial charge is 0.496 e. The molecule has 0 radical (unpaired) electrons. The zero-order valence-corrected chi connectivity index (χ0v) is 12.1. The van der Waals surface area contributed by atoms with Gasteiger partial charge >= 0.3 is 6.09 Å². The molecule has 1 N–H and O–H groups in total. The Balaban J connectivity index is 2.34. The first-order valence-corrected chi connectivity index (χ1v) is 6.32. The van der Waals surface area contributed by atoms with Crippen molar-refractivity contribution in [1.29, 1.82) is 0 Å². The Morgan fingerprint density at radius 2 is 1.95 bits per heavy atom. The van der Waals surface area contributed by atoms with E-state index in [0.717, 1.165) is 16.5 Å². The number of carbonyl (C=O) groups is 1. The Morgan fingerprint density at radius 3 is 2.60 bits per heavy atom. The van der Waals surface area contributed by atoms with E-state index in [1.807, 2.05) is 45.0 Å². The van der Waals surface area contributed by atoms with Crippen LogP contribution in [0.5, 0.6) is 5.75 Å². The minimum absolute atomic E-state index is 0.454. The molecule has 5 heteroatoms. The van der Waals surface area contributed by atoms with E-state index in [4.69, 9.17) is 9.47 Å². The van der Waals surface area contributed by atoms with E-state index in [9.17, 15) is 4.79 Å². The molecule has 1 amide bonds. The first kappa shape index (κ1) is 14.1. The zero-order chi connectivity index (χ0) is 14.8. The van der Waals surface area contributed by atoms with Crippen molar-refractivity contribution in [3.05, 3.63) is 30.5 Å². The summed E-state index contributed by atoms with van der Waals surface area (Å²) < 4.78 is 10.5. The fourth-order valence-corrected chi connectivity index (χ4v) is 1.86. The van der Waals surface area contributed by atoms with E-state index in [1.165, 1.54) is 0 Å². The smallest absolute Gasteiger partial charge is 0.413 e. The lowest BCUT2D eigenvalue weighted by Gasteiger charge is -2.19. The lowest BCUT2D eigenvalue weighted by molar-refractivity contribution is 0.0635. The van der Waals surface area contributed by atoms with Gasteiger partial charge in [-0.05, 0) is 32.9 Å². The SMILES string of the molecule is COc1cccc2c(NC(=O)OC(C)(C)C)nccc12. The molecule has 0 fully saturated rings. The Hall–Kier alpha value is -2.30. The van der Waals surface area contributed by atoms with Gasteiger partial charge in [-0.3, -0.25) is 5.32 Å². The molecule has 0 atom stereocenters. The summed E-state index contributed by atoms with van der Waals surface area (Å²) in [4.78, 5) is 16.0. The highest BCUT2D eigenvalue weighted by atomic mass is 16.6. The van der Waals surface area contributed by atoms with Crippen LogP contribution in [-0.2, 0) is 4.74 Å². The second-order valence-corrected chi connectivity index (χ2v) is 5.34. The predicted octanol–water partition coefficient (Wildman–Crippen LogP) is 3.59. The van der Waals surface area contributed by atoms with Crippen LogP contribution in [-0.4, -0.2) is 23.8 Å². The van der Waals surface area contributed by atoms with Crippen molar-refractivity contribution in [1.82, 2.24) is 4.98 Å². The summed E-state index contributed by atoms with van der Waals surface area (Å²) in [5.41, 5.74) is -0.549. The van der Waals surface area contributed by atoms with E-state index in [-0.39, 0.29) is 0 Å². The number of benzene rings is 1. The van der Waals surface area contributed by atoms with Crippen molar-refractivity contribution in [2.45, 2.75) is 26.4 Å². The summed E-state index contributed by atoms with van der Waals surface area (Å²) in [7, 11) is 1.61. The lowest BCUT2D eigenvalue weighted by Crippen LogP contribution is -2.27. The van der Waals surface area contributed by atoms with E-state index in [2.05, 4.69) is 10.3 Å². The maximum absolute atomic E-state index is 11.8. The number of nitrogens with one attached hydrogen (secondary N) is 1. The number of methoxy groups -OCH3 is 1. The summed E-state index contributed by atoms with van der Waals surface area (Å²) in [6, 6.07) is 7.43. The van der Waals surface area contributed by atoms with Crippen LogP contribution in [0, 0.1) is 0 Å². The number of ether oxygens (including phenoxy) is 2. The highest BCUT2D eigenvalue weighted by Crippen LogP contribution is 2.29. The Bertz CT molecular complexity index is 633. The van der Waals surface area contributed by atoms with Gasteiger partial charge in [-0.1, -0.05) is 12.1 Å². The summed E-state index contributed by atoms with van der Waals surface area (Å²) in [6.07, 6.45) is 1.10. The first-order valence-electron chi connectivity index (χ1n) is 6.32. The number of fused-ring (bicyclic) bond motifs is 1. The molecule has 5 nitrogen and oxygen atoms in total. The molecular weight excluding hydrogens is 256 g/mol. The molecular formula is C15H18N2O3. The maximum Gasteiger partial charge on any atom is 0.413 e. The van der Waals surface area contributed by atoms with Crippen molar-refractivity contribution in [2.75, 3.05) is 12.4 Å². The quantitative estimate of drug-likeness (QED) is 0.909. The fraction of sp³-hybridized carbons (Fsp3) is 0.333. The number of rotatable bonds is 2. The van der Waals surface area contributed by atoms with Gasteiger partial charge in [0.1, 0.15) is 17.2 Å². The summed E-state index contributed by atoms with van der Waals surface area (Å²) in [5.74, 6) is 1.19. The molecule has 2 aromatic rings. The van der Waals surface area contributed by atoms with Crippen LogP contribution in [0.15, 0.2) is 30.5 Å². The molecule has 2 rings (SSSR count). The third-order valence-electron chi connectivity index (χ3n) is 2.61. The molecule has 1 aromatic carbocycles. The number of hydrogen-bond acceptors (Lipinski definition) is 4. The number of amides is 1. The molecule has 0 aliphatic heterocycles. The highest BCUT2D eigenvalue weighted by molar-refractivity contribution is 6.00. The van der Waals surface area contributed by atoms with E-state index in [1.54, 1.807) is 13.3 Å². The molecule has 0 saturated heterocycles. The van der Waals surface area contributed by atoms with Crippen LogP contribution in [0.3, 0.4) is 0 Å². The van der Waals surface area contributed by atoms with Gasteiger partial charge in [0.05, 0.1) is 7.11 Å². The third-order valence-corrected chi connectivity index (χ3v) is 2.61. The van der Waals surface area contributed by atoms with Crippen LogP contribution in [0.4, 0.5) is 10.6 Å². The highest BCUT2D eigenvalue weighted by Gasteiger charge is 2.17. The lowest BCUT2D eigenvalue weighted by atomic mass is 10.1. The predicted molar refractivity (Wildman–Crippen MR) is 78.2 cm³/mol. The topological polar surface area (TPSA) is 60.5 Å². The molecule has 20 heavy (non-hydrogen) atoms. The molecule has 1 aromatic heterocycles. The average Bonchev–Trinajstić information content (AvgIpc) is 2.36. The van der Waals surface area contributed by atoms with Crippen molar-refractivity contribution < 1.29 is 14.3 Å². The van der Waals surface area contributed by atoms with Crippen molar-refractivity contribution in [2.24, 2.45) is 0 Å². The molecule has 0 unspecified atom stereocenters. The Kier molecular flexibility index (Phi) is 3.79. The van der Waals surface area contributed by atoms with Crippen molar-refractivity contribution in [3.63, 3.8) is 0 Å². The van der Waals surface area contributed by atoms with Gasteiger partial charge < -0.3 is 9.47 Å². The molecule has 0 saturated carbocycles. The Labute approximate surface area is 117 Å². The average molecular weight is 274 g/mol. The first-order chi connectivity index (χ1) is 9.40. The van der Waals surface area contributed by atoms with Gasteiger partial charge in [0.15, 0.2) is 0 Å². The number of hydrogen-bond donors (Lipinski definition) is 1. The van der Waals surface area contributed by atoms with Gasteiger partial charge in [0.25, 0.3) is 0 Å². The zero-order valence-electron chi connectivity index (χ0n) is 12.1. The van der Waals surface area contributed by atoms with Gasteiger partial charge in [-0.2, -0.15) is 0 Å². The molecule has 0 aliphatic carbocycles. The number of aromatic nitrogens is 1. The number of carbonyl (C=O) groups excluding carboxylic acids is 1. The van der Waals surface area contributed by atoms with Gasteiger partial charge in [-0.25, -0.2) is 9.78 Å². The van der Waals surface area contributed by atoms with Crippen LogP contribution >= 0.6 is 0 Å². The van der Waals surface area contributed by atoms with Gasteiger partial charge in [-0.15, -0.1) is 0 Å². The summed E-state index contributed by atoms with van der Waals surface area (Å²) in [6.45, 7) is 5.43. The minimum Gasteiger partial charge on any atom is -0.496 e. The van der Waals surface area contributed by atoms with Crippen LogP contribution in [0.2, 0.25) is 0 Å². The molecule has 0 spiro atoms. The van der Waals surface area contributed by atoms with Crippen molar-refractivity contribution in [3.8, 4) is 5.75 Å². The standard InChI is InChI=1S/C15H18N2O3/c1-15(2,3)20-14(18)17-13-11-6-5-7-12(19-4)10(11)8-9-16-13/h5-9H,1-4H3,(H,16,17,18). The fourth-order valence-electron chi connectivity index (χ4n) is 1.86. The number of nitrogens with zero attached hydrogens (tertiary/aromatic N) is 1. The van der Waals surface area contributed by atoms with Crippen LogP contribution in [0.1, 0.15) is 20.8 Å². The molecule has 1 heterocycles. The minimum atomic E-state index is -0.549. The van der Waals surface area contributed by atoms with Gasteiger partial charge in [0, 0.05) is 17.0 Å². The second-order valence-electron chi connectivity index (χ2n) is 5.34. The van der Waals surface area contributed by atoms with E-state index >= 15 is 0 Å². The van der Waals surface area contributed by atoms with Crippen LogP contribution in [0.25, 0.3) is 10.8 Å². The summed E-state index contributed by atoms with van der Waals surface area (Å²) >= 11 is 0. The van der Waals surface area contributed by atoms with Gasteiger partial charge in [0.2, 0.25) is 0 Å². The van der Waals surface area contributed by atoms with E-state index in [0.29, 0.717) is 5.82 Å². The Morgan fingerprint density at radius 1 is 1.20 bits per heavy atom. The normalized spacial score (nSPS) is 11.2. The van der Waals surface area contributed by atoms with Crippen molar-refractivity contribution >= 4 is 22.7 Å². The number of pyridine rings is 1. The maximum atomic E-state index is 11.8. The summed E-state index contributed by atoms with van der Waals surface area (Å²) in [5, 5.41) is 4.35. The molecule has 0 aliphatic rings. The monoisotopic (exact) mass is 274 g/mol. The molecule has 106 valence electrons. The second kappa shape index (κ2) is 5.36. The molecule has 0 bridgehead atoms. The third kappa shape index (κ3) is 3.17. The van der Waals surface area contributed by atoms with Crippen LogP contribution < -0.4 is 10.1 Å². The number of anilines is 1. The van der Waals surface area contributed by atoms with E-state index < -0.39 is 11.7 Å².